The van der Waals surface area contributed by atoms with Crippen molar-refractivity contribution in [1.29, 1.82) is 0 Å². The Hall–Kier alpha value is -0.980. The molecule has 1 saturated heterocycles. The van der Waals surface area contributed by atoms with Gasteiger partial charge in [-0.15, -0.1) is 0 Å². The number of aliphatic hydroxyl groups is 1. The summed E-state index contributed by atoms with van der Waals surface area (Å²) in [5.74, 6) is -0.811. The molecule has 0 saturated carbocycles. The fraction of sp³-hybridized carbons (Fsp3) is 0.538. The van der Waals surface area contributed by atoms with E-state index < -0.39 is 21.4 Å². The molecule has 1 fully saturated rings. The smallest absolute Gasteiger partial charge is 0.246 e. The van der Waals surface area contributed by atoms with Gasteiger partial charge in [-0.25, -0.2) is 12.8 Å². The number of halogens is 1. The monoisotopic (exact) mass is 287 g/mol. The summed E-state index contributed by atoms with van der Waals surface area (Å²) >= 11 is 0. The van der Waals surface area contributed by atoms with E-state index in [1.54, 1.807) is 0 Å². The van der Waals surface area contributed by atoms with Gasteiger partial charge in [0.15, 0.2) is 0 Å². The molecule has 0 radical (unpaired) electrons. The maximum atomic E-state index is 13.9. The van der Waals surface area contributed by atoms with Gasteiger partial charge in [0.05, 0.1) is 6.61 Å². The zero-order valence-electron chi connectivity index (χ0n) is 11.1. The van der Waals surface area contributed by atoms with Gasteiger partial charge in [0.1, 0.15) is 10.7 Å². The van der Waals surface area contributed by atoms with Gasteiger partial charge in [0.25, 0.3) is 0 Å². The second-order valence-corrected chi connectivity index (χ2v) is 7.25. The highest BCUT2D eigenvalue weighted by atomic mass is 32.2. The lowest BCUT2D eigenvalue weighted by atomic mass is 10.0. The Kier molecular flexibility index (Phi) is 3.68. The molecule has 0 aliphatic carbocycles. The lowest BCUT2D eigenvalue weighted by Gasteiger charge is -2.30. The highest BCUT2D eigenvalue weighted by Crippen LogP contribution is 2.34. The third-order valence-corrected chi connectivity index (χ3v) is 5.72. The molecule has 19 heavy (non-hydrogen) atoms. The summed E-state index contributed by atoms with van der Waals surface area (Å²) in [6.45, 7) is 3.79. The molecule has 0 bridgehead atoms. The van der Waals surface area contributed by atoms with Crippen LogP contribution in [-0.2, 0) is 16.6 Å². The van der Waals surface area contributed by atoms with E-state index in [1.165, 1.54) is 16.4 Å². The van der Waals surface area contributed by atoms with Crippen LogP contribution in [0.25, 0.3) is 0 Å². The summed E-state index contributed by atoms with van der Waals surface area (Å²) < 4.78 is 40.3. The van der Waals surface area contributed by atoms with Gasteiger partial charge in [-0.3, -0.25) is 0 Å². The zero-order valence-corrected chi connectivity index (χ0v) is 11.9. The molecule has 0 atom stereocenters. The molecule has 0 unspecified atom stereocenters. The average molecular weight is 287 g/mol. The van der Waals surface area contributed by atoms with Crippen LogP contribution in [0.15, 0.2) is 23.1 Å². The maximum Gasteiger partial charge on any atom is 0.246 e. The molecule has 0 aromatic heterocycles. The van der Waals surface area contributed by atoms with E-state index in [4.69, 9.17) is 5.11 Å². The first kappa shape index (κ1) is 14.4. The minimum atomic E-state index is -3.83. The molecule has 106 valence electrons. The normalized spacial score (nSPS) is 19.8. The Labute approximate surface area is 112 Å². The second kappa shape index (κ2) is 4.85. The molecule has 1 heterocycles. The van der Waals surface area contributed by atoms with Gasteiger partial charge in [-0.1, -0.05) is 6.07 Å². The van der Waals surface area contributed by atoms with Gasteiger partial charge < -0.3 is 5.11 Å². The maximum absolute atomic E-state index is 13.9. The molecular weight excluding hydrogens is 269 g/mol. The summed E-state index contributed by atoms with van der Waals surface area (Å²) in [4.78, 5) is -0.320. The number of benzene rings is 1. The Bertz CT molecular complexity index is 584. The van der Waals surface area contributed by atoms with Crippen LogP contribution < -0.4 is 0 Å². The Morgan fingerprint density at radius 1 is 1.42 bits per heavy atom. The van der Waals surface area contributed by atoms with Crippen LogP contribution in [0.2, 0.25) is 0 Å². The first-order valence-electron chi connectivity index (χ1n) is 6.21. The molecular formula is C13H18FNO3S. The van der Waals surface area contributed by atoms with Crippen LogP contribution >= 0.6 is 0 Å². The fourth-order valence-corrected chi connectivity index (χ4v) is 4.39. The van der Waals surface area contributed by atoms with E-state index in [-0.39, 0.29) is 11.5 Å². The first-order valence-corrected chi connectivity index (χ1v) is 7.65. The Morgan fingerprint density at radius 3 is 2.58 bits per heavy atom. The molecule has 0 spiro atoms. The van der Waals surface area contributed by atoms with E-state index in [0.717, 1.165) is 18.9 Å². The lowest BCUT2D eigenvalue weighted by molar-refractivity contribution is 0.280. The van der Waals surface area contributed by atoms with E-state index in [2.05, 4.69) is 0 Å². The van der Waals surface area contributed by atoms with Crippen molar-refractivity contribution >= 4 is 10.0 Å². The molecule has 1 aromatic rings. The molecule has 0 amide bonds. The van der Waals surface area contributed by atoms with E-state index >= 15 is 0 Å². The van der Waals surface area contributed by atoms with Crippen molar-refractivity contribution in [2.24, 2.45) is 0 Å². The Morgan fingerprint density at radius 2 is 2.11 bits per heavy atom. The number of nitrogens with zero attached hydrogens (tertiary/aromatic N) is 1. The third-order valence-electron chi connectivity index (χ3n) is 3.57. The van der Waals surface area contributed by atoms with Crippen LogP contribution in [-0.4, -0.2) is 29.9 Å². The van der Waals surface area contributed by atoms with Crippen molar-refractivity contribution in [1.82, 2.24) is 4.31 Å². The average Bonchev–Trinajstić information content (AvgIpc) is 2.69. The van der Waals surface area contributed by atoms with Crippen LogP contribution in [0.3, 0.4) is 0 Å². The number of aliphatic hydroxyl groups excluding tert-OH is 1. The minimum absolute atomic E-state index is 0.313. The van der Waals surface area contributed by atoms with Crippen LogP contribution in [0.4, 0.5) is 4.39 Å². The van der Waals surface area contributed by atoms with Crippen molar-refractivity contribution < 1.29 is 17.9 Å². The quantitative estimate of drug-likeness (QED) is 0.923. The molecule has 1 aliphatic rings. The fourth-order valence-electron chi connectivity index (χ4n) is 2.50. The number of hydrogen-bond acceptors (Lipinski definition) is 3. The number of hydrogen-bond donors (Lipinski definition) is 1. The van der Waals surface area contributed by atoms with Crippen molar-refractivity contribution in [2.75, 3.05) is 6.54 Å². The molecule has 6 heteroatoms. The highest BCUT2D eigenvalue weighted by molar-refractivity contribution is 7.89. The molecule has 4 nitrogen and oxygen atoms in total. The van der Waals surface area contributed by atoms with Crippen molar-refractivity contribution in [3.8, 4) is 0 Å². The summed E-state index contributed by atoms with van der Waals surface area (Å²) in [7, 11) is -3.83. The summed E-state index contributed by atoms with van der Waals surface area (Å²) in [6, 6.07) is 3.72. The predicted molar refractivity (Wildman–Crippen MR) is 69.5 cm³/mol. The zero-order chi connectivity index (χ0) is 14.3. The highest BCUT2D eigenvalue weighted by Gasteiger charge is 2.41. The van der Waals surface area contributed by atoms with E-state index in [0.29, 0.717) is 12.1 Å². The lowest BCUT2D eigenvalue weighted by Crippen LogP contribution is -2.42. The van der Waals surface area contributed by atoms with Gasteiger partial charge in [-0.05, 0) is 44.4 Å². The summed E-state index contributed by atoms with van der Waals surface area (Å²) in [5, 5.41) is 8.92. The van der Waals surface area contributed by atoms with Crippen molar-refractivity contribution in [3.63, 3.8) is 0 Å². The van der Waals surface area contributed by atoms with Gasteiger partial charge in [0, 0.05) is 12.1 Å². The molecule has 1 aliphatic heterocycles. The Balaban J connectivity index is 2.46. The van der Waals surface area contributed by atoms with Gasteiger partial charge >= 0.3 is 0 Å². The van der Waals surface area contributed by atoms with Crippen LogP contribution in [0, 0.1) is 5.82 Å². The van der Waals surface area contributed by atoms with Gasteiger partial charge in [-0.2, -0.15) is 4.31 Å². The van der Waals surface area contributed by atoms with Crippen molar-refractivity contribution in [3.05, 3.63) is 29.6 Å². The molecule has 1 N–H and O–H groups in total. The minimum Gasteiger partial charge on any atom is -0.392 e. The predicted octanol–water partition coefficient (Wildman–Crippen LogP) is 1.88. The van der Waals surface area contributed by atoms with E-state index in [9.17, 15) is 12.8 Å². The third kappa shape index (κ3) is 2.52. The van der Waals surface area contributed by atoms with Crippen molar-refractivity contribution in [2.45, 2.75) is 43.7 Å². The standard InChI is InChI=1S/C13H18FNO3S/c1-13(2)6-3-7-15(13)19(17,18)12-5-4-10(9-16)8-11(12)14/h4-5,8,16H,3,6-7,9H2,1-2H3. The molecule has 2 rings (SSSR count). The number of sulfonamides is 1. The van der Waals surface area contributed by atoms with Crippen LogP contribution in [0.1, 0.15) is 32.3 Å². The van der Waals surface area contributed by atoms with Crippen LogP contribution in [0.5, 0.6) is 0 Å². The number of rotatable bonds is 3. The SMILES string of the molecule is CC1(C)CCCN1S(=O)(=O)c1ccc(CO)cc1F. The first-order chi connectivity index (χ1) is 8.79. The molecule has 1 aromatic carbocycles. The summed E-state index contributed by atoms with van der Waals surface area (Å²) in [5.41, 5.74) is -0.127. The summed E-state index contributed by atoms with van der Waals surface area (Å²) in [6.07, 6.45) is 1.55. The van der Waals surface area contributed by atoms with E-state index in [1.807, 2.05) is 13.8 Å². The largest absolute Gasteiger partial charge is 0.392 e. The van der Waals surface area contributed by atoms with Gasteiger partial charge in [0.2, 0.25) is 10.0 Å². The topological polar surface area (TPSA) is 57.6 Å². The second-order valence-electron chi connectivity index (χ2n) is 5.42.